The van der Waals surface area contributed by atoms with Crippen LogP contribution in [0.5, 0.6) is 0 Å². The Labute approximate surface area is 68.3 Å². The van der Waals surface area contributed by atoms with Crippen molar-refractivity contribution in [1.29, 1.82) is 0 Å². The molecule has 2 heteroatoms. The summed E-state index contributed by atoms with van der Waals surface area (Å²) < 4.78 is 0. The summed E-state index contributed by atoms with van der Waals surface area (Å²) in [5, 5.41) is 0. The van der Waals surface area contributed by atoms with E-state index in [-0.39, 0.29) is 0 Å². The van der Waals surface area contributed by atoms with Crippen molar-refractivity contribution in [2.75, 3.05) is 19.6 Å². The molecule has 0 bridgehead atoms. The maximum Gasteiger partial charge on any atom is 0.0855 e. The molecule has 0 aromatic heterocycles. The summed E-state index contributed by atoms with van der Waals surface area (Å²) in [5.41, 5.74) is 0. The molecule has 2 rings (SSSR count). The third-order valence-corrected chi connectivity index (χ3v) is 2.55. The van der Waals surface area contributed by atoms with E-state index in [4.69, 9.17) is 0 Å². The van der Waals surface area contributed by atoms with Gasteiger partial charge in [-0.15, -0.1) is 0 Å². The molecule has 0 spiro atoms. The van der Waals surface area contributed by atoms with E-state index >= 15 is 0 Å². The van der Waals surface area contributed by atoms with Gasteiger partial charge in [0.2, 0.25) is 0 Å². The highest BCUT2D eigenvalue weighted by molar-refractivity contribution is 5.77. The van der Waals surface area contributed by atoms with Crippen molar-refractivity contribution in [2.45, 2.75) is 31.7 Å². The molecule has 0 aromatic carbocycles. The maximum absolute atomic E-state index is 4.14. The zero-order chi connectivity index (χ0) is 7.52. The van der Waals surface area contributed by atoms with Crippen molar-refractivity contribution in [3.05, 3.63) is 0 Å². The lowest BCUT2D eigenvalue weighted by atomic mass is 10.1. The number of rotatable bonds is 3. The summed E-state index contributed by atoms with van der Waals surface area (Å²) in [6, 6.07) is 0.622. The lowest BCUT2D eigenvalue weighted by Gasteiger charge is -2.25. The topological polar surface area (TPSA) is 15.6 Å². The van der Waals surface area contributed by atoms with Gasteiger partial charge in [-0.3, -0.25) is 4.99 Å². The van der Waals surface area contributed by atoms with Gasteiger partial charge in [-0.1, -0.05) is 6.42 Å². The van der Waals surface area contributed by atoms with Crippen LogP contribution in [0.25, 0.3) is 0 Å². The Morgan fingerprint density at radius 1 is 1.27 bits per heavy atom. The smallest absolute Gasteiger partial charge is 0.0855 e. The summed E-state index contributed by atoms with van der Waals surface area (Å²) in [6.07, 6.45) is 7.58. The first-order valence-corrected chi connectivity index (χ1v) is 4.71. The summed E-state index contributed by atoms with van der Waals surface area (Å²) >= 11 is 0. The van der Waals surface area contributed by atoms with E-state index in [1.165, 1.54) is 45.3 Å². The SMILES string of the molecule is C1=NC1CCN1CCCCC1. The van der Waals surface area contributed by atoms with Gasteiger partial charge < -0.3 is 4.90 Å². The minimum absolute atomic E-state index is 0.622. The van der Waals surface area contributed by atoms with Gasteiger partial charge in [0.1, 0.15) is 0 Å². The van der Waals surface area contributed by atoms with E-state index in [2.05, 4.69) is 16.1 Å². The van der Waals surface area contributed by atoms with Gasteiger partial charge in [0.05, 0.1) is 6.04 Å². The summed E-state index contributed by atoms with van der Waals surface area (Å²) in [7, 11) is 0. The van der Waals surface area contributed by atoms with Crippen LogP contribution in [0.4, 0.5) is 0 Å². The lowest BCUT2D eigenvalue weighted by molar-refractivity contribution is 0.227. The van der Waals surface area contributed by atoms with E-state index in [0.717, 1.165) is 0 Å². The molecule has 0 aliphatic carbocycles. The molecule has 2 aliphatic rings. The Morgan fingerprint density at radius 2 is 2.00 bits per heavy atom. The average Bonchev–Trinajstić information content (AvgIpc) is 2.86. The predicted octanol–water partition coefficient (Wildman–Crippen LogP) is 1.32. The number of likely N-dealkylation sites (tertiary alicyclic amines) is 1. The van der Waals surface area contributed by atoms with E-state index in [0.29, 0.717) is 6.04 Å². The normalized spacial score (nSPS) is 30.7. The molecule has 2 nitrogen and oxygen atoms in total. The summed E-state index contributed by atoms with van der Waals surface area (Å²) in [6.45, 7) is 3.92. The first-order chi connectivity index (χ1) is 5.45. The van der Waals surface area contributed by atoms with E-state index < -0.39 is 0 Å². The zero-order valence-corrected chi connectivity index (χ0v) is 7.00. The van der Waals surface area contributed by atoms with Crippen molar-refractivity contribution >= 4 is 6.21 Å². The van der Waals surface area contributed by atoms with Crippen LogP contribution >= 0.6 is 0 Å². The van der Waals surface area contributed by atoms with Gasteiger partial charge in [0.25, 0.3) is 0 Å². The lowest BCUT2D eigenvalue weighted by Crippen LogP contribution is -2.31. The van der Waals surface area contributed by atoms with Crippen molar-refractivity contribution in [3.8, 4) is 0 Å². The van der Waals surface area contributed by atoms with Crippen LogP contribution < -0.4 is 0 Å². The fourth-order valence-corrected chi connectivity index (χ4v) is 1.71. The van der Waals surface area contributed by atoms with Gasteiger partial charge in [-0.2, -0.15) is 0 Å². The highest BCUT2D eigenvalue weighted by atomic mass is 15.1. The molecule has 2 heterocycles. The molecule has 0 N–H and O–H groups in total. The Hall–Kier alpha value is -0.370. The van der Waals surface area contributed by atoms with Crippen LogP contribution in [-0.4, -0.2) is 36.8 Å². The third-order valence-electron chi connectivity index (χ3n) is 2.55. The Kier molecular flexibility index (Phi) is 2.22. The Morgan fingerprint density at radius 3 is 2.64 bits per heavy atom. The second-order valence-electron chi connectivity index (χ2n) is 3.56. The standard InChI is InChI=1S/C9H16N2/c1-2-5-11(6-3-1)7-4-9-8-10-9/h8-9H,1-7H2. The molecule has 62 valence electrons. The number of piperidine rings is 1. The van der Waals surface area contributed by atoms with E-state index in [1.807, 2.05) is 0 Å². The van der Waals surface area contributed by atoms with Crippen molar-refractivity contribution < 1.29 is 0 Å². The number of aliphatic imine (C=N–C) groups is 1. The number of hydrogen-bond acceptors (Lipinski definition) is 2. The first-order valence-electron chi connectivity index (χ1n) is 4.71. The molecule has 0 aromatic rings. The van der Waals surface area contributed by atoms with Crippen LogP contribution in [0.3, 0.4) is 0 Å². The molecule has 1 saturated heterocycles. The summed E-state index contributed by atoms with van der Waals surface area (Å²) in [4.78, 5) is 6.71. The van der Waals surface area contributed by atoms with Crippen molar-refractivity contribution in [3.63, 3.8) is 0 Å². The maximum atomic E-state index is 4.14. The molecule has 1 atom stereocenters. The predicted molar refractivity (Wildman–Crippen MR) is 47.2 cm³/mol. The van der Waals surface area contributed by atoms with E-state index in [9.17, 15) is 0 Å². The average molecular weight is 152 g/mol. The molecule has 0 amide bonds. The van der Waals surface area contributed by atoms with Crippen LogP contribution in [-0.2, 0) is 0 Å². The van der Waals surface area contributed by atoms with Gasteiger partial charge in [-0.25, -0.2) is 0 Å². The fourth-order valence-electron chi connectivity index (χ4n) is 1.71. The van der Waals surface area contributed by atoms with Gasteiger partial charge in [0.15, 0.2) is 0 Å². The molecular formula is C9H16N2. The highest BCUT2D eigenvalue weighted by Crippen LogP contribution is 2.12. The van der Waals surface area contributed by atoms with Gasteiger partial charge in [-0.05, 0) is 32.4 Å². The van der Waals surface area contributed by atoms with Gasteiger partial charge >= 0.3 is 0 Å². The largest absolute Gasteiger partial charge is 0.303 e. The Balaban J connectivity index is 1.59. The second kappa shape index (κ2) is 3.35. The third kappa shape index (κ3) is 2.29. The molecule has 0 radical (unpaired) electrons. The zero-order valence-electron chi connectivity index (χ0n) is 7.00. The quantitative estimate of drug-likeness (QED) is 0.595. The summed E-state index contributed by atoms with van der Waals surface area (Å²) in [5.74, 6) is 0. The minimum Gasteiger partial charge on any atom is -0.303 e. The molecular weight excluding hydrogens is 136 g/mol. The fraction of sp³-hybridized carbons (Fsp3) is 0.889. The van der Waals surface area contributed by atoms with Crippen LogP contribution in [0, 0.1) is 0 Å². The monoisotopic (exact) mass is 152 g/mol. The molecule has 11 heavy (non-hydrogen) atoms. The van der Waals surface area contributed by atoms with Crippen molar-refractivity contribution in [2.24, 2.45) is 4.99 Å². The molecule has 1 unspecified atom stereocenters. The minimum atomic E-state index is 0.622. The highest BCUT2D eigenvalue weighted by Gasteiger charge is 2.15. The second-order valence-corrected chi connectivity index (χ2v) is 3.56. The number of nitrogens with zero attached hydrogens (tertiary/aromatic N) is 2. The first kappa shape index (κ1) is 7.29. The molecule has 1 fully saturated rings. The molecule has 2 aliphatic heterocycles. The van der Waals surface area contributed by atoms with Gasteiger partial charge in [0, 0.05) is 12.8 Å². The van der Waals surface area contributed by atoms with Crippen LogP contribution in [0.1, 0.15) is 25.7 Å². The van der Waals surface area contributed by atoms with Crippen molar-refractivity contribution in [1.82, 2.24) is 4.90 Å². The van der Waals surface area contributed by atoms with Crippen LogP contribution in [0.2, 0.25) is 0 Å². The molecule has 0 saturated carbocycles. The van der Waals surface area contributed by atoms with E-state index in [1.54, 1.807) is 0 Å². The number of hydrogen-bond donors (Lipinski definition) is 0. The Bertz CT molecular complexity index is 142. The van der Waals surface area contributed by atoms with Crippen LogP contribution in [0.15, 0.2) is 4.99 Å².